The van der Waals surface area contributed by atoms with E-state index in [1.165, 1.54) is 31.0 Å². The van der Waals surface area contributed by atoms with E-state index >= 15 is 0 Å². The third kappa shape index (κ3) is 3.17. The van der Waals surface area contributed by atoms with Crippen LogP contribution in [0.15, 0.2) is 23.6 Å². The summed E-state index contributed by atoms with van der Waals surface area (Å²) in [6.45, 7) is 4.06. The lowest BCUT2D eigenvalue weighted by Gasteiger charge is -2.10. The molecule has 0 aliphatic heterocycles. The van der Waals surface area contributed by atoms with Crippen molar-refractivity contribution in [2.45, 2.75) is 13.8 Å². The smallest absolute Gasteiger partial charge is 0.246 e. The zero-order chi connectivity index (χ0) is 14.9. The summed E-state index contributed by atoms with van der Waals surface area (Å²) in [6, 6.07) is 6.10. The van der Waals surface area contributed by atoms with Gasteiger partial charge in [-0.3, -0.25) is 0 Å². The van der Waals surface area contributed by atoms with E-state index in [4.69, 9.17) is 0 Å². The van der Waals surface area contributed by atoms with Crippen molar-refractivity contribution in [2.75, 3.05) is 18.8 Å². The van der Waals surface area contributed by atoms with E-state index in [9.17, 15) is 8.42 Å². The monoisotopic (exact) mass is 311 g/mol. The van der Waals surface area contributed by atoms with Gasteiger partial charge in [0.15, 0.2) is 5.13 Å². The van der Waals surface area contributed by atoms with Crippen molar-refractivity contribution in [3.05, 3.63) is 34.7 Å². The predicted octanol–water partition coefficient (Wildman–Crippen LogP) is 2.65. The highest BCUT2D eigenvalue weighted by Crippen LogP contribution is 2.28. The topological polar surface area (TPSA) is 62.3 Å². The van der Waals surface area contributed by atoms with Crippen LogP contribution in [0.4, 0.5) is 5.13 Å². The van der Waals surface area contributed by atoms with E-state index in [0.29, 0.717) is 5.13 Å². The molecule has 1 aromatic carbocycles. The molecular weight excluding hydrogens is 294 g/mol. The number of rotatable bonds is 4. The molecule has 2 rings (SSSR count). The van der Waals surface area contributed by atoms with Gasteiger partial charge in [-0.25, -0.2) is 9.71 Å². The number of nitrogens with one attached hydrogen (secondary N) is 1. The summed E-state index contributed by atoms with van der Waals surface area (Å²) in [5.74, 6) is 0. The molecule has 0 aliphatic rings. The molecule has 0 saturated carbocycles. The number of thiazole rings is 1. The Morgan fingerprint density at radius 3 is 2.55 bits per heavy atom. The number of aromatic nitrogens is 1. The molecule has 0 aliphatic carbocycles. The maximum atomic E-state index is 11.7. The fourth-order valence-electron chi connectivity index (χ4n) is 1.75. The number of aryl methyl sites for hydroxylation is 2. The summed E-state index contributed by atoms with van der Waals surface area (Å²) in [7, 11) is -0.559. The molecule has 0 radical (unpaired) electrons. The fourth-order valence-corrected chi connectivity index (χ4v) is 3.26. The van der Waals surface area contributed by atoms with Gasteiger partial charge in [-0.2, -0.15) is 12.7 Å². The number of nitrogens with zero attached hydrogens (tertiary/aromatic N) is 2. The van der Waals surface area contributed by atoms with Gasteiger partial charge < -0.3 is 0 Å². The Bertz CT molecular complexity index is 721. The molecule has 1 N–H and O–H groups in total. The second-order valence-electron chi connectivity index (χ2n) is 4.75. The van der Waals surface area contributed by atoms with Crippen LogP contribution < -0.4 is 4.72 Å². The van der Waals surface area contributed by atoms with E-state index in [0.717, 1.165) is 21.1 Å². The maximum absolute atomic E-state index is 11.7. The quantitative estimate of drug-likeness (QED) is 0.944. The molecule has 0 saturated heterocycles. The van der Waals surface area contributed by atoms with Crippen LogP contribution in [-0.4, -0.2) is 31.8 Å². The number of benzene rings is 1. The summed E-state index contributed by atoms with van der Waals surface area (Å²) in [5, 5.41) is 2.22. The minimum absolute atomic E-state index is 0.369. The van der Waals surface area contributed by atoms with Crippen LogP contribution in [0.5, 0.6) is 0 Å². The van der Waals surface area contributed by atoms with Crippen molar-refractivity contribution in [3.63, 3.8) is 0 Å². The molecule has 0 fully saturated rings. The summed E-state index contributed by atoms with van der Waals surface area (Å²) < 4.78 is 27.0. The number of anilines is 1. The Hall–Kier alpha value is -1.44. The van der Waals surface area contributed by atoms with Crippen molar-refractivity contribution in [1.29, 1.82) is 0 Å². The van der Waals surface area contributed by atoms with Crippen LogP contribution in [0.25, 0.3) is 11.3 Å². The lowest BCUT2D eigenvalue weighted by atomic mass is 10.0. The molecular formula is C13H17N3O2S2. The van der Waals surface area contributed by atoms with Crippen molar-refractivity contribution in [2.24, 2.45) is 0 Å². The van der Waals surface area contributed by atoms with Crippen molar-refractivity contribution in [1.82, 2.24) is 9.29 Å². The molecule has 5 nitrogen and oxygen atoms in total. The normalized spacial score (nSPS) is 11.8. The highest BCUT2D eigenvalue weighted by molar-refractivity contribution is 7.90. The van der Waals surface area contributed by atoms with Gasteiger partial charge in [0.2, 0.25) is 0 Å². The SMILES string of the molecule is Cc1ccc(-c2csc(NS(=O)(=O)N(C)C)n2)c(C)c1. The molecule has 7 heteroatoms. The lowest BCUT2D eigenvalue weighted by molar-refractivity contribution is 0.527. The lowest BCUT2D eigenvalue weighted by Crippen LogP contribution is -2.28. The summed E-state index contributed by atoms with van der Waals surface area (Å²) in [4.78, 5) is 4.34. The van der Waals surface area contributed by atoms with Gasteiger partial charge in [-0.1, -0.05) is 23.8 Å². The van der Waals surface area contributed by atoms with Crippen LogP contribution in [0.3, 0.4) is 0 Å². The zero-order valence-corrected chi connectivity index (χ0v) is 13.5. The van der Waals surface area contributed by atoms with Crippen LogP contribution >= 0.6 is 11.3 Å². The Morgan fingerprint density at radius 1 is 1.25 bits per heavy atom. The standard InChI is InChI=1S/C13H17N3O2S2/c1-9-5-6-11(10(2)7-9)12-8-19-13(14-12)15-20(17,18)16(3)4/h5-8H,1-4H3,(H,14,15). The highest BCUT2D eigenvalue weighted by atomic mass is 32.2. The van der Waals surface area contributed by atoms with Gasteiger partial charge in [-0.15, -0.1) is 11.3 Å². The molecule has 0 spiro atoms. The molecule has 0 atom stereocenters. The molecule has 1 aromatic heterocycles. The third-order valence-electron chi connectivity index (χ3n) is 2.86. The van der Waals surface area contributed by atoms with Gasteiger partial charge in [0.05, 0.1) is 5.69 Å². The van der Waals surface area contributed by atoms with Crippen LogP contribution in [0, 0.1) is 13.8 Å². The summed E-state index contributed by atoms with van der Waals surface area (Å²) in [6.07, 6.45) is 0. The van der Waals surface area contributed by atoms with E-state index in [1.54, 1.807) is 0 Å². The molecule has 20 heavy (non-hydrogen) atoms. The number of hydrogen-bond acceptors (Lipinski definition) is 4. The second-order valence-corrected chi connectivity index (χ2v) is 7.49. The van der Waals surface area contributed by atoms with Crippen molar-refractivity contribution < 1.29 is 8.42 Å². The summed E-state index contributed by atoms with van der Waals surface area (Å²) in [5.41, 5.74) is 4.11. The Morgan fingerprint density at radius 2 is 1.95 bits per heavy atom. The molecule has 1 heterocycles. The number of hydrogen-bond donors (Lipinski definition) is 1. The first kappa shape index (κ1) is 15.0. The first-order valence-electron chi connectivity index (χ1n) is 6.03. The molecule has 0 unspecified atom stereocenters. The largest absolute Gasteiger partial charge is 0.302 e. The van der Waals surface area contributed by atoms with E-state index in [1.807, 2.05) is 31.4 Å². The van der Waals surface area contributed by atoms with Gasteiger partial charge in [0.1, 0.15) is 0 Å². The van der Waals surface area contributed by atoms with Gasteiger partial charge >= 0.3 is 10.2 Å². The Labute approximate surface area is 123 Å². The van der Waals surface area contributed by atoms with E-state index in [-0.39, 0.29) is 0 Å². The fraction of sp³-hybridized carbons (Fsp3) is 0.308. The average molecular weight is 311 g/mol. The second kappa shape index (κ2) is 5.51. The minimum atomic E-state index is -3.51. The van der Waals surface area contributed by atoms with Crippen LogP contribution in [0.2, 0.25) is 0 Å². The van der Waals surface area contributed by atoms with Crippen molar-refractivity contribution in [3.8, 4) is 11.3 Å². The van der Waals surface area contributed by atoms with Gasteiger partial charge in [-0.05, 0) is 19.4 Å². The Kier molecular flexibility index (Phi) is 4.12. The minimum Gasteiger partial charge on any atom is -0.246 e. The third-order valence-corrected chi connectivity index (χ3v) is 5.16. The molecule has 0 bridgehead atoms. The highest BCUT2D eigenvalue weighted by Gasteiger charge is 2.16. The van der Waals surface area contributed by atoms with Crippen molar-refractivity contribution >= 4 is 26.7 Å². The molecule has 0 amide bonds. The molecule has 2 aromatic rings. The van der Waals surface area contributed by atoms with E-state index in [2.05, 4.69) is 15.8 Å². The average Bonchev–Trinajstić information content (AvgIpc) is 2.76. The van der Waals surface area contributed by atoms with Gasteiger partial charge in [0, 0.05) is 25.0 Å². The van der Waals surface area contributed by atoms with Crippen LogP contribution in [-0.2, 0) is 10.2 Å². The summed E-state index contributed by atoms with van der Waals surface area (Å²) >= 11 is 1.27. The first-order valence-corrected chi connectivity index (χ1v) is 8.35. The van der Waals surface area contributed by atoms with Crippen LogP contribution in [0.1, 0.15) is 11.1 Å². The van der Waals surface area contributed by atoms with E-state index < -0.39 is 10.2 Å². The molecule has 108 valence electrons. The first-order chi connectivity index (χ1) is 9.29. The maximum Gasteiger partial charge on any atom is 0.302 e. The Balaban J connectivity index is 2.30. The predicted molar refractivity (Wildman–Crippen MR) is 83.3 cm³/mol. The zero-order valence-electron chi connectivity index (χ0n) is 11.8. The van der Waals surface area contributed by atoms with Gasteiger partial charge in [0.25, 0.3) is 0 Å².